The highest BCUT2D eigenvalue weighted by molar-refractivity contribution is 5.81. The third-order valence-electron chi connectivity index (χ3n) is 2.94. The van der Waals surface area contributed by atoms with Crippen LogP contribution in [0, 0.1) is 0 Å². The molecule has 0 radical (unpaired) electrons. The van der Waals surface area contributed by atoms with Gasteiger partial charge in [-0.25, -0.2) is 15.0 Å². The van der Waals surface area contributed by atoms with E-state index in [-0.39, 0.29) is 0 Å². The Morgan fingerprint density at radius 3 is 2.88 bits per heavy atom. The fraction of sp³-hybridized carbons (Fsp3) is 0.500. The van der Waals surface area contributed by atoms with Crippen molar-refractivity contribution in [1.82, 2.24) is 19.9 Å². The molecule has 0 unspecified atom stereocenters. The van der Waals surface area contributed by atoms with Gasteiger partial charge in [-0.15, -0.1) is 0 Å². The van der Waals surface area contributed by atoms with Crippen LogP contribution in [0.2, 0.25) is 0 Å². The summed E-state index contributed by atoms with van der Waals surface area (Å²) in [6, 6.07) is 0. The van der Waals surface area contributed by atoms with Gasteiger partial charge in [-0.3, -0.25) is 0 Å². The summed E-state index contributed by atoms with van der Waals surface area (Å²) in [4.78, 5) is 15.7. The second-order valence-electron chi connectivity index (χ2n) is 3.97. The Kier molecular flexibility index (Phi) is 2.21. The monoisotopic (exact) mass is 219 g/mol. The molecule has 1 saturated heterocycles. The number of ether oxygens (including phenoxy) is 1. The summed E-state index contributed by atoms with van der Waals surface area (Å²) in [6.07, 6.45) is 3.42. The number of nitrogen functional groups attached to an aromatic ring is 1. The third-order valence-corrected chi connectivity index (χ3v) is 2.94. The van der Waals surface area contributed by atoms with Crippen molar-refractivity contribution in [3.8, 4) is 0 Å². The Balaban J connectivity index is 2.01. The number of hydrogen-bond donors (Lipinski definition) is 2. The number of anilines is 1. The van der Waals surface area contributed by atoms with E-state index in [2.05, 4.69) is 19.9 Å². The van der Waals surface area contributed by atoms with E-state index in [0.29, 0.717) is 17.4 Å². The highest BCUT2D eigenvalue weighted by Gasteiger charge is 2.20. The van der Waals surface area contributed by atoms with Crippen molar-refractivity contribution in [3.05, 3.63) is 12.2 Å². The summed E-state index contributed by atoms with van der Waals surface area (Å²) in [5.41, 5.74) is 7.14. The van der Waals surface area contributed by atoms with Crippen LogP contribution in [0.15, 0.2) is 6.33 Å². The van der Waals surface area contributed by atoms with Crippen LogP contribution in [0.3, 0.4) is 0 Å². The fourth-order valence-corrected chi connectivity index (χ4v) is 2.03. The molecule has 1 fully saturated rings. The van der Waals surface area contributed by atoms with E-state index in [9.17, 15) is 0 Å². The van der Waals surface area contributed by atoms with Gasteiger partial charge in [0, 0.05) is 19.1 Å². The van der Waals surface area contributed by atoms with Gasteiger partial charge < -0.3 is 15.5 Å². The molecule has 84 valence electrons. The number of nitrogens with one attached hydrogen (secondary N) is 1. The highest BCUT2D eigenvalue weighted by Crippen LogP contribution is 2.26. The van der Waals surface area contributed by atoms with Crippen molar-refractivity contribution in [3.63, 3.8) is 0 Å². The minimum absolute atomic E-state index is 0.419. The van der Waals surface area contributed by atoms with Gasteiger partial charge in [0.15, 0.2) is 11.5 Å². The molecule has 2 aromatic rings. The van der Waals surface area contributed by atoms with Crippen molar-refractivity contribution >= 4 is 17.0 Å². The number of hydrogen-bond acceptors (Lipinski definition) is 5. The molecule has 2 aromatic heterocycles. The molecule has 6 nitrogen and oxygen atoms in total. The lowest BCUT2D eigenvalue weighted by Crippen LogP contribution is -2.15. The highest BCUT2D eigenvalue weighted by atomic mass is 16.5. The maximum Gasteiger partial charge on any atom is 0.183 e. The number of nitrogens with two attached hydrogens (primary N) is 1. The van der Waals surface area contributed by atoms with Crippen LogP contribution in [0.1, 0.15) is 24.6 Å². The lowest BCUT2D eigenvalue weighted by atomic mass is 10.00. The lowest BCUT2D eigenvalue weighted by molar-refractivity contribution is 0.0838. The predicted molar refractivity (Wildman–Crippen MR) is 58.9 cm³/mol. The molecule has 0 amide bonds. The van der Waals surface area contributed by atoms with Crippen molar-refractivity contribution in [2.75, 3.05) is 18.9 Å². The maximum atomic E-state index is 5.75. The zero-order valence-electron chi connectivity index (χ0n) is 8.81. The standard InChI is InChI=1S/C10H13N5O/c11-8-7-10(13-5-12-8)15-9(14-7)6-1-3-16-4-2-6/h5-6H,1-4H2,(H3,11,12,13,14,15). The average molecular weight is 219 g/mol. The quantitative estimate of drug-likeness (QED) is 0.741. The van der Waals surface area contributed by atoms with E-state index < -0.39 is 0 Å². The molecule has 1 aliphatic heterocycles. The Morgan fingerprint density at radius 1 is 1.31 bits per heavy atom. The molecule has 3 rings (SSSR count). The molecule has 0 aromatic carbocycles. The summed E-state index contributed by atoms with van der Waals surface area (Å²) in [5.74, 6) is 1.82. The molecule has 16 heavy (non-hydrogen) atoms. The molecule has 0 saturated carbocycles. The molecule has 3 heterocycles. The first-order valence-electron chi connectivity index (χ1n) is 5.38. The Hall–Kier alpha value is -1.69. The number of aromatic nitrogens is 4. The van der Waals surface area contributed by atoms with Crippen LogP contribution >= 0.6 is 0 Å². The smallest absolute Gasteiger partial charge is 0.183 e. The summed E-state index contributed by atoms with van der Waals surface area (Å²) in [7, 11) is 0. The zero-order valence-corrected chi connectivity index (χ0v) is 8.81. The first-order valence-corrected chi connectivity index (χ1v) is 5.38. The first kappa shape index (κ1) is 9.53. The Labute approximate surface area is 92.3 Å². The summed E-state index contributed by atoms with van der Waals surface area (Å²) >= 11 is 0. The summed E-state index contributed by atoms with van der Waals surface area (Å²) in [6.45, 7) is 1.59. The Morgan fingerprint density at radius 2 is 2.12 bits per heavy atom. The minimum atomic E-state index is 0.419. The van der Waals surface area contributed by atoms with Crippen molar-refractivity contribution in [1.29, 1.82) is 0 Å². The van der Waals surface area contributed by atoms with E-state index >= 15 is 0 Å². The second kappa shape index (κ2) is 3.71. The third kappa shape index (κ3) is 1.51. The number of imidazole rings is 1. The molecule has 0 aliphatic carbocycles. The average Bonchev–Trinajstić information content (AvgIpc) is 2.76. The van der Waals surface area contributed by atoms with Crippen LogP contribution < -0.4 is 5.73 Å². The van der Waals surface area contributed by atoms with Crippen LogP contribution in [0.5, 0.6) is 0 Å². The van der Waals surface area contributed by atoms with E-state index in [1.54, 1.807) is 0 Å². The van der Waals surface area contributed by atoms with E-state index in [1.165, 1.54) is 6.33 Å². The van der Waals surface area contributed by atoms with Gasteiger partial charge in [0.2, 0.25) is 0 Å². The molecule has 0 atom stereocenters. The van der Waals surface area contributed by atoms with Gasteiger partial charge in [-0.05, 0) is 12.8 Å². The maximum absolute atomic E-state index is 5.75. The van der Waals surface area contributed by atoms with Gasteiger partial charge >= 0.3 is 0 Å². The van der Waals surface area contributed by atoms with Crippen molar-refractivity contribution in [2.45, 2.75) is 18.8 Å². The zero-order chi connectivity index (χ0) is 11.0. The van der Waals surface area contributed by atoms with E-state index in [0.717, 1.165) is 37.4 Å². The molecule has 1 aliphatic rings. The largest absolute Gasteiger partial charge is 0.382 e. The van der Waals surface area contributed by atoms with Gasteiger partial charge in [0.1, 0.15) is 17.7 Å². The normalized spacial score (nSPS) is 18.0. The fourth-order valence-electron chi connectivity index (χ4n) is 2.03. The SMILES string of the molecule is Nc1ncnc2nc(C3CCOCC3)[nH]c12. The number of fused-ring (bicyclic) bond motifs is 1. The molecule has 0 spiro atoms. The summed E-state index contributed by atoms with van der Waals surface area (Å²) < 4.78 is 5.32. The second-order valence-corrected chi connectivity index (χ2v) is 3.97. The van der Waals surface area contributed by atoms with E-state index in [1.807, 2.05) is 0 Å². The van der Waals surface area contributed by atoms with Crippen molar-refractivity contribution < 1.29 is 4.74 Å². The first-order chi connectivity index (χ1) is 7.84. The molecule has 0 bridgehead atoms. The van der Waals surface area contributed by atoms with Crippen LogP contribution in [0.4, 0.5) is 5.82 Å². The van der Waals surface area contributed by atoms with Gasteiger partial charge in [-0.2, -0.15) is 0 Å². The topological polar surface area (TPSA) is 89.7 Å². The molecular formula is C10H13N5O. The molecule has 3 N–H and O–H groups in total. The number of rotatable bonds is 1. The van der Waals surface area contributed by atoms with Crippen LogP contribution in [-0.2, 0) is 4.74 Å². The number of nitrogens with zero attached hydrogens (tertiary/aromatic N) is 3. The number of aromatic amines is 1. The van der Waals surface area contributed by atoms with Gasteiger partial charge in [-0.1, -0.05) is 0 Å². The van der Waals surface area contributed by atoms with Gasteiger partial charge in [0.05, 0.1) is 0 Å². The van der Waals surface area contributed by atoms with Crippen LogP contribution in [0.25, 0.3) is 11.2 Å². The molecular weight excluding hydrogens is 206 g/mol. The summed E-state index contributed by atoms with van der Waals surface area (Å²) in [5, 5.41) is 0. The van der Waals surface area contributed by atoms with Crippen LogP contribution in [-0.4, -0.2) is 33.1 Å². The Bertz CT molecular complexity index is 503. The molecule has 6 heteroatoms. The lowest BCUT2D eigenvalue weighted by Gasteiger charge is -2.19. The number of H-pyrrole nitrogens is 1. The van der Waals surface area contributed by atoms with Gasteiger partial charge in [0.25, 0.3) is 0 Å². The predicted octanol–water partition coefficient (Wildman–Crippen LogP) is 0.829. The van der Waals surface area contributed by atoms with Crippen molar-refractivity contribution in [2.24, 2.45) is 0 Å². The van der Waals surface area contributed by atoms with E-state index in [4.69, 9.17) is 10.5 Å². The minimum Gasteiger partial charge on any atom is -0.382 e.